The lowest BCUT2D eigenvalue weighted by Gasteiger charge is -2.20. The van der Waals surface area contributed by atoms with Gasteiger partial charge in [-0.25, -0.2) is 4.98 Å². The third-order valence-corrected chi connectivity index (χ3v) is 5.74. The van der Waals surface area contributed by atoms with Gasteiger partial charge in [0.2, 0.25) is 5.91 Å². The highest BCUT2D eigenvalue weighted by Crippen LogP contribution is 2.34. The van der Waals surface area contributed by atoms with Gasteiger partial charge in [-0.05, 0) is 29.8 Å². The maximum Gasteiger partial charge on any atom is 0.233 e. The summed E-state index contributed by atoms with van der Waals surface area (Å²) in [6.07, 6.45) is 1.23. The van der Waals surface area contributed by atoms with Crippen LogP contribution in [0.3, 0.4) is 0 Å². The SMILES string of the molecule is COc1ccc(CC(=O)N(CCC[NH+](C)C)c2nc3c(OC)cccc3s2)cc1. The van der Waals surface area contributed by atoms with Gasteiger partial charge >= 0.3 is 0 Å². The molecule has 0 aliphatic rings. The Bertz CT molecular complexity index is 954. The molecule has 29 heavy (non-hydrogen) atoms. The van der Waals surface area contributed by atoms with E-state index in [1.165, 1.54) is 16.2 Å². The maximum atomic E-state index is 13.2. The first-order valence-corrected chi connectivity index (χ1v) is 10.5. The van der Waals surface area contributed by atoms with Crippen LogP contribution in [0.5, 0.6) is 11.5 Å². The Morgan fingerprint density at radius 1 is 1.10 bits per heavy atom. The fourth-order valence-electron chi connectivity index (χ4n) is 3.12. The fraction of sp³-hybridized carbons (Fsp3) is 0.364. The zero-order valence-corrected chi connectivity index (χ0v) is 18.2. The summed E-state index contributed by atoms with van der Waals surface area (Å²) in [6, 6.07) is 13.5. The highest BCUT2D eigenvalue weighted by Gasteiger charge is 2.21. The molecule has 0 radical (unpaired) electrons. The van der Waals surface area contributed by atoms with Gasteiger partial charge in [0.25, 0.3) is 0 Å². The summed E-state index contributed by atoms with van der Waals surface area (Å²) < 4.78 is 11.7. The van der Waals surface area contributed by atoms with E-state index in [1.807, 2.05) is 47.4 Å². The number of quaternary nitrogens is 1. The quantitative estimate of drug-likeness (QED) is 0.584. The van der Waals surface area contributed by atoms with E-state index < -0.39 is 0 Å². The molecular weight excluding hydrogens is 386 g/mol. The van der Waals surface area contributed by atoms with E-state index in [0.29, 0.717) is 13.0 Å². The number of fused-ring (bicyclic) bond motifs is 1. The number of carbonyl (C=O) groups excluding carboxylic acids is 1. The first kappa shape index (κ1) is 21.1. The van der Waals surface area contributed by atoms with Gasteiger partial charge in [0.05, 0.1) is 46.0 Å². The van der Waals surface area contributed by atoms with E-state index in [4.69, 9.17) is 14.5 Å². The summed E-state index contributed by atoms with van der Waals surface area (Å²) >= 11 is 1.53. The number of carbonyl (C=O) groups is 1. The number of ether oxygens (including phenoxy) is 2. The molecule has 0 aliphatic carbocycles. The van der Waals surface area contributed by atoms with Crippen molar-refractivity contribution in [2.45, 2.75) is 12.8 Å². The second-order valence-electron chi connectivity index (χ2n) is 7.18. The Hall–Kier alpha value is -2.64. The Kier molecular flexibility index (Phi) is 7.06. The number of para-hydroxylation sites is 1. The number of methoxy groups -OCH3 is 2. The molecule has 0 bridgehead atoms. The van der Waals surface area contributed by atoms with Crippen LogP contribution in [0, 0.1) is 0 Å². The number of aromatic nitrogens is 1. The number of nitrogens with one attached hydrogen (secondary N) is 1. The molecule has 1 N–H and O–H groups in total. The second kappa shape index (κ2) is 9.71. The molecule has 1 aromatic heterocycles. The molecule has 3 rings (SSSR count). The summed E-state index contributed by atoms with van der Waals surface area (Å²) in [5.74, 6) is 1.55. The lowest BCUT2D eigenvalue weighted by Crippen LogP contribution is -3.05. The highest BCUT2D eigenvalue weighted by molar-refractivity contribution is 7.22. The number of hydrogen-bond acceptors (Lipinski definition) is 5. The van der Waals surface area contributed by atoms with Crippen molar-refractivity contribution in [3.8, 4) is 11.5 Å². The van der Waals surface area contributed by atoms with Crippen LogP contribution in [0.15, 0.2) is 42.5 Å². The van der Waals surface area contributed by atoms with E-state index in [1.54, 1.807) is 14.2 Å². The molecule has 3 aromatic rings. The number of benzene rings is 2. The minimum atomic E-state index is 0.0435. The number of amides is 1. The molecule has 0 aliphatic heterocycles. The van der Waals surface area contributed by atoms with E-state index in [-0.39, 0.29) is 5.91 Å². The van der Waals surface area contributed by atoms with Crippen LogP contribution in [-0.2, 0) is 11.2 Å². The van der Waals surface area contributed by atoms with Crippen molar-refractivity contribution < 1.29 is 19.2 Å². The first-order chi connectivity index (χ1) is 14.0. The Morgan fingerprint density at radius 2 is 1.86 bits per heavy atom. The maximum absolute atomic E-state index is 13.2. The third-order valence-electron chi connectivity index (χ3n) is 4.70. The predicted molar refractivity (Wildman–Crippen MR) is 118 cm³/mol. The van der Waals surface area contributed by atoms with Crippen molar-refractivity contribution in [2.75, 3.05) is 46.3 Å². The van der Waals surface area contributed by atoms with Crippen LogP contribution in [0.25, 0.3) is 10.2 Å². The molecule has 0 saturated carbocycles. The molecule has 0 saturated heterocycles. The average molecular weight is 415 g/mol. The second-order valence-corrected chi connectivity index (χ2v) is 8.19. The van der Waals surface area contributed by atoms with Crippen LogP contribution in [0.2, 0.25) is 0 Å². The van der Waals surface area contributed by atoms with Gasteiger partial charge in [-0.15, -0.1) is 0 Å². The zero-order chi connectivity index (χ0) is 20.8. The summed E-state index contributed by atoms with van der Waals surface area (Å²) in [4.78, 5) is 21.1. The summed E-state index contributed by atoms with van der Waals surface area (Å²) in [5, 5.41) is 0.719. The van der Waals surface area contributed by atoms with E-state index in [0.717, 1.165) is 45.4 Å². The van der Waals surface area contributed by atoms with Crippen molar-refractivity contribution in [1.29, 1.82) is 0 Å². The topological polar surface area (TPSA) is 56.1 Å². The molecule has 6 nitrogen and oxygen atoms in total. The van der Waals surface area contributed by atoms with Crippen LogP contribution >= 0.6 is 11.3 Å². The minimum absolute atomic E-state index is 0.0435. The smallest absolute Gasteiger partial charge is 0.233 e. The third kappa shape index (κ3) is 5.25. The number of rotatable bonds is 9. The number of thiazole rings is 1. The van der Waals surface area contributed by atoms with Gasteiger partial charge in [0.1, 0.15) is 17.0 Å². The molecule has 0 fully saturated rings. The van der Waals surface area contributed by atoms with Crippen LogP contribution in [0.4, 0.5) is 5.13 Å². The summed E-state index contributed by atoms with van der Waals surface area (Å²) in [6.45, 7) is 1.63. The fourth-order valence-corrected chi connectivity index (χ4v) is 4.15. The molecule has 1 heterocycles. The monoisotopic (exact) mass is 414 g/mol. The molecule has 1 amide bonds. The van der Waals surface area contributed by atoms with Crippen molar-refractivity contribution >= 4 is 32.6 Å². The minimum Gasteiger partial charge on any atom is -0.497 e. The standard InChI is InChI=1S/C22H27N3O3S/c1-24(2)13-6-14-25(20(26)15-16-9-11-17(27-3)12-10-16)22-23-21-18(28-4)7-5-8-19(21)29-22/h5,7-12H,6,13-15H2,1-4H3/p+1. The van der Waals surface area contributed by atoms with Gasteiger partial charge in [0.15, 0.2) is 5.13 Å². The molecular formula is C22H28N3O3S+. The zero-order valence-electron chi connectivity index (χ0n) is 17.4. The van der Waals surface area contributed by atoms with Crippen molar-refractivity contribution in [2.24, 2.45) is 0 Å². The van der Waals surface area contributed by atoms with Crippen LogP contribution in [0.1, 0.15) is 12.0 Å². The van der Waals surface area contributed by atoms with E-state index in [2.05, 4.69) is 14.1 Å². The Morgan fingerprint density at radius 3 is 2.52 bits per heavy atom. The molecule has 154 valence electrons. The average Bonchev–Trinajstić information content (AvgIpc) is 3.15. The first-order valence-electron chi connectivity index (χ1n) is 9.67. The van der Waals surface area contributed by atoms with Crippen LogP contribution < -0.4 is 19.3 Å². The van der Waals surface area contributed by atoms with Crippen LogP contribution in [-0.4, -0.2) is 52.3 Å². The van der Waals surface area contributed by atoms with Crippen molar-refractivity contribution in [1.82, 2.24) is 4.98 Å². The normalized spacial score (nSPS) is 11.1. The predicted octanol–water partition coefficient (Wildman–Crippen LogP) is 2.42. The van der Waals surface area contributed by atoms with Gasteiger partial charge in [-0.2, -0.15) is 0 Å². The van der Waals surface area contributed by atoms with Gasteiger partial charge in [0, 0.05) is 13.0 Å². The Labute approximate surface area is 175 Å². The van der Waals surface area contributed by atoms with Crippen molar-refractivity contribution in [3.05, 3.63) is 48.0 Å². The molecule has 7 heteroatoms. The molecule has 0 unspecified atom stereocenters. The number of anilines is 1. The lowest BCUT2D eigenvalue weighted by molar-refractivity contribution is -0.858. The molecule has 0 atom stereocenters. The molecule has 0 spiro atoms. The van der Waals surface area contributed by atoms with Gasteiger partial charge in [-0.1, -0.05) is 29.5 Å². The summed E-state index contributed by atoms with van der Waals surface area (Å²) in [7, 11) is 7.51. The van der Waals surface area contributed by atoms with Gasteiger partial charge in [-0.3, -0.25) is 9.69 Å². The van der Waals surface area contributed by atoms with Crippen molar-refractivity contribution in [3.63, 3.8) is 0 Å². The highest BCUT2D eigenvalue weighted by atomic mass is 32.1. The van der Waals surface area contributed by atoms with Gasteiger partial charge < -0.3 is 14.4 Å². The summed E-state index contributed by atoms with van der Waals surface area (Å²) in [5.41, 5.74) is 1.76. The van der Waals surface area contributed by atoms with E-state index in [9.17, 15) is 4.79 Å². The molecule has 2 aromatic carbocycles. The number of hydrogen-bond donors (Lipinski definition) is 1. The largest absolute Gasteiger partial charge is 0.497 e. The van der Waals surface area contributed by atoms with E-state index >= 15 is 0 Å². The number of nitrogens with zero attached hydrogens (tertiary/aromatic N) is 2. The lowest BCUT2D eigenvalue weighted by atomic mass is 10.1. The Balaban J connectivity index is 1.85.